The lowest BCUT2D eigenvalue weighted by molar-refractivity contribution is -0.148. The van der Waals surface area contributed by atoms with Crippen molar-refractivity contribution in [2.75, 3.05) is 20.5 Å². The molecule has 0 aliphatic carbocycles. The van der Waals surface area contributed by atoms with E-state index in [1.807, 2.05) is 37.3 Å². The fourth-order valence-electron chi connectivity index (χ4n) is 3.31. The van der Waals surface area contributed by atoms with Crippen LogP contribution < -0.4 is 0 Å². The summed E-state index contributed by atoms with van der Waals surface area (Å²) in [6, 6.07) is 9.80. The van der Waals surface area contributed by atoms with E-state index in [0.29, 0.717) is 6.79 Å². The first-order valence-electron chi connectivity index (χ1n) is 12.0. The minimum atomic E-state index is -0.294. The first-order chi connectivity index (χ1) is 15.2. The fourth-order valence-corrected chi connectivity index (χ4v) is 3.31. The van der Waals surface area contributed by atoms with Crippen molar-refractivity contribution in [2.24, 2.45) is 0 Å². The lowest BCUT2D eigenvalue weighted by Gasteiger charge is -2.16. The minimum Gasteiger partial charge on any atom is -0.449 e. The van der Waals surface area contributed by atoms with Crippen molar-refractivity contribution in [1.29, 1.82) is 0 Å². The smallest absolute Gasteiger partial charge is 0.314 e. The van der Waals surface area contributed by atoms with Gasteiger partial charge in [-0.05, 0) is 38.2 Å². The average Bonchev–Trinajstić information content (AvgIpc) is 2.79. The second kappa shape index (κ2) is 18.9. The Bertz CT molecular complexity index is 617. The molecule has 0 spiro atoms. The highest BCUT2D eigenvalue weighted by Gasteiger charge is 2.20. The molecule has 0 fully saturated rings. The van der Waals surface area contributed by atoms with E-state index < -0.39 is 0 Å². The molecule has 0 aliphatic heterocycles. The number of methoxy groups -OCH3 is 1. The van der Waals surface area contributed by atoms with Crippen LogP contribution in [0.5, 0.6) is 0 Å². The van der Waals surface area contributed by atoms with Gasteiger partial charge in [0, 0.05) is 20.1 Å². The van der Waals surface area contributed by atoms with Gasteiger partial charge in [-0.2, -0.15) is 0 Å². The van der Waals surface area contributed by atoms with E-state index >= 15 is 0 Å². The van der Waals surface area contributed by atoms with Gasteiger partial charge in [-0.15, -0.1) is 0 Å². The highest BCUT2D eigenvalue weighted by molar-refractivity contribution is 5.78. The van der Waals surface area contributed by atoms with E-state index in [0.717, 1.165) is 57.1 Å². The van der Waals surface area contributed by atoms with E-state index in [1.54, 1.807) is 7.11 Å². The van der Waals surface area contributed by atoms with Gasteiger partial charge in [0.15, 0.2) is 6.10 Å². The van der Waals surface area contributed by atoms with Gasteiger partial charge in [0.2, 0.25) is 0 Å². The number of ether oxygens (including phenoxy) is 3. The third-order valence-corrected chi connectivity index (χ3v) is 5.29. The van der Waals surface area contributed by atoms with E-state index in [4.69, 9.17) is 14.2 Å². The van der Waals surface area contributed by atoms with Crippen molar-refractivity contribution in [1.82, 2.24) is 0 Å². The molecule has 0 heterocycles. The summed E-state index contributed by atoms with van der Waals surface area (Å²) in [6.45, 7) is 5.24. The Morgan fingerprint density at radius 2 is 1.68 bits per heavy atom. The van der Waals surface area contributed by atoms with Gasteiger partial charge in [0.25, 0.3) is 0 Å². The maximum atomic E-state index is 12.6. The number of hydrogen-bond acceptors (Lipinski definition) is 4. The predicted molar refractivity (Wildman–Crippen MR) is 127 cm³/mol. The molecule has 0 aromatic heterocycles. The molecule has 0 saturated carbocycles. The molecule has 0 N–H and O–H groups in total. The minimum absolute atomic E-state index is 0.184. The highest BCUT2D eigenvalue weighted by Crippen LogP contribution is 2.18. The lowest BCUT2D eigenvalue weighted by atomic mass is 10.0. The second-order valence-corrected chi connectivity index (χ2v) is 8.06. The molecule has 0 aliphatic rings. The second-order valence-electron chi connectivity index (χ2n) is 8.06. The summed E-state index contributed by atoms with van der Waals surface area (Å²) in [5, 5.41) is 0. The maximum absolute atomic E-state index is 12.6. The Morgan fingerprint density at radius 3 is 2.39 bits per heavy atom. The number of benzene rings is 1. The molecule has 4 nitrogen and oxygen atoms in total. The van der Waals surface area contributed by atoms with Crippen LogP contribution in [0.3, 0.4) is 0 Å². The van der Waals surface area contributed by atoms with Gasteiger partial charge >= 0.3 is 5.97 Å². The first-order valence-corrected chi connectivity index (χ1v) is 12.0. The van der Waals surface area contributed by atoms with Crippen LogP contribution in [0.2, 0.25) is 0 Å². The number of unbranched alkanes of at least 4 members (excludes halogenated alkanes) is 8. The molecule has 31 heavy (non-hydrogen) atoms. The van der Waals surface area contributed by atoms with Crippen LogP contribution in [0, 0.1) is 11.8 Å². The molecular formula is C27H42O4. The Balaban J connectivity index is 2.31. The largest absolute Gasteiger partial charge is 0.449 e. The number of rotatable bonds is 17. The molecule has 0 unspecified atom stereocenters. The topological polar surface area (TPSA) is 44.8 Å². The van der Waals surface area contributed by atoms with Crippen LogP contribution in [0.1, 0.15) is 96.0 Å². The third-order valence-electron chi connectivity index (χ3n) is 5.29. The Morgan fingerprint density at radius 1 is 0.968 bits per heavy atom. The number of esters is 1. The van der Waals surface area contributed by atoms with Crippen LogP contribution in [0.4, 0.5) is 0 Å². The van der Waals surface area contributed by atoms with E-state index in [9.17, 15) is 4.79 Å². The van der Waals surface area contributed by atoms with Crippen LogP contribution in [-0.4, -0.2) is 32.6 Å². The van der Waals surface area contributed by atoms with Crippen molar-refractivity contribution in [2.45, 2.75) is 96.5 Å². The fraction of sp³-hybridized carbons (Fsp3) is 0.667. The highest BCUT2D eigenvalue weighted by atomic mass is 16.7. The Kier molecular flexibility index (Phi) is 16.6. The zero-order chi connectivity index (χ0) is 22.6. The number of carbonyl (C=O) groups excluding carboxylic acids is 1. The van der Waals surface area contributed by atoms with E-state index in [2.05, 4.69) is 18.8 Å². The van der Waals surface area contributed by atoms with Gasteiger partial charge in [-0.25, -0.2) is 0 Å². The zero-order valence-electron chi connectivity index (χ0n) is 19.9. The van der Waals surface area contributed by atoms with Crippen molar-refractivity contribution in [3.63, 3.8) is 0 Å². The van der Waals surface area contributed by atoms with Crippen molar-refractivity contribution in [3.05, 3.63) is 35.9 Å². The summed E-state index contributed by atoms with van der Waals surface area (Å²) in [6.07, 6.45) is 11.8. The zero-order valence-corrected chi connectivity index (χ0v) is 19.9. The molecule has 0 amide bonds. The van der Waals surface area contributed by atoms with Crippen LogP contribution in [0.15, 0.2) is 30.3 Å². The van der Waals surface area contributed by atoms with Crippen LogP contribution in [0.25, 0.3) is 0 Å². The summed E-state index contributed by atoms with van der Waals surface area (Å²) in [7, 11) is 1.64. The predicted octanol–water partition coefficient (Wildman–Crippen LogP) is 6.64. The van der Waals surface area contributed by atoms with Gasteiger partial charge < -0.3 is 14.2 Å². The van der Waals surface area contributed by atoms with Crippen LogP contribution >= 0.6 is 0 Å². The molecule has 0 radical (unpaired) electrons. The lowest BCUT2D eigenvalue weighted by Crippen LogP contribution is -2.21. The molecule has 0 bridgehead atoms. The van der Waals surface area contributed by atoms with Crippen LogP contribution in [-0.2, 0) is 19.0 Å². The summed E-state index contributed by atoms with van der Waals surface area (Å²) >= 11 is 0. The van der Waals surface area contributed by atoms with Gasteiger partial charge in [0.05, 0.1) is 5.92 Å². The molecule has 1 aromatic rings. The molecule has 174 valence electrons. The van der Waals surface area contributed by atoms with Gasteiger partial charge in [-0.1, -0.05) is 87.6 Å². The van der Waals surface area contributed by atoms with E-state index in [1.165, 1.54) is 25.7 Å². The van der Waals surface area contributed by atoms with Gasteiger partial charge in [0.1, 0.15) is 6.79 Å². The first kappa shape index (κ1) is 27.2. The molecular weight excluding hydrogens is 388 g/mol. The SMILES string of the molecule is CCCCC[C@@H](C#CCCCCCCCCOCOC)OC(=O)[C@H](C)c1ccccc1. The normalized spacial score (nSPS) is 12.6. The number of carbonyl (C=O) groups is 1. The Hall–Kier alpha value is -1.83. The van der Waals surface area contributed by atoms with Crippen molar-refractivity contribution in [3.8, 4) is 11.8 Å². The van der Waals surface area contributed by atoms with Gasteiger partial charge in [-0.3, -0.25) is 4.79 Å². The Labute approximate surface area is 190 Å². The summed E-state index contributed by atoms with van der Waals surface area (Å²) < 4.78 is 15.9. The average molecular weight is 431 g/mol. The monoisotopic (exact) mass is 430 g/mol. The van der Waals surface area contributed by atoms with Crippen molar-refractivity contribution >= 4 is 5.97 Å². The standard InChI is InChI=1S/C27H42O4/c1-4-5-13-20-26(31-27(28)24(2)25-18-14-12-15-19-25)21-16-10-8-6-7-9-11-17-22-30-23-29-3/h12,14-15,18-19,24,26H,4-11,13,17,20,22-23H2,1-3H3/t24-,26+/m1/s1. The molecule has 1 rings (SSSR count). The van der Waals surface area contributed by atoms with Crippen molar-refractivity contribution < 1.29 is 19.0 Å². The number of hydrogen-bond donors (Lipinski definition) is 0. The molecule has 2 atom stereocenters. The third kappa shape index (κ3) is 14.0. The maximum Gasteiger partial charge on any atom is 0.314 e. The molecule has 1 aromatic carbocycles. The molecule has 4 heteroatoms. The quantitative estimate of drug-likeness (QED) is 0.120. The molecule has 0 saturated heterocycles. The summed E-state index contributed by atoms with van der Waals surface area (Å²) in [5.41, 5.74) is 0.984. The summed E-state index contributed by atoms with van der Waals surface area (Å²) in [4.78, 5) is 12.6. The summed E-state index contributed by atoms with van der Waals surface area (Å²) in [5.74, 6) is 6.03. The van der Waals surface area contributed by atoms with E-state index in [-0.39, 0.29) is 18.0 Å².